The second-order valence-electron chi connectivity index (χ2n) is 5.43. The molecule has 0 radical (unpaired) electrons. The molecule has 2 aromatic rings. The quantitative estimate of drug-likeness (QED) is 0.632. The molecule has 0 unspecified atom stereocenters. The maximum atomic E-state index is 12.3. The molecule has 0 aliphatic heterocycles. The van der Waals surface area contributed by atoms with E-state index in [0.717, 1.165) is 5.56 Å². The molecule has 0 saturated carbocycles. The highest BCUT2D eigenvalue weighted by Crippen LogP contribution is 2.19. The van der Waals surface area contributed by atoms with E-state index in [-0.39, 0.29) is 18.0 Å². The first-order valence-electron chi connectivity index (χ1n) is 7.61. The van der Waals surface area contributed by atoms with Gasteiger partial charge < -0.3 is 5.32 Å². The predicted molar refractivity (Wildman–Crippen MR) is 91.6 cm³/mol. The molecule has 0 aromatic heterocycles. The second-order valence-corrected chi connectivity index (χ2v) is 5.43. The fourth-order valence-corrected chi connectivity index (χ4v) is 2.06. The maximum absolute atomic E-state index is 12.3. The minimum atomic E-state index is -4.97. The molecule has 0 fully saturated rings. The summed E-state index contributed by atoms with van der Waals surface area (Å²) in [6, 6.07) is 14.8. The van der Waals surface area contributed by atoms with Gasteiger partial charge in [-0.25, -0.2) is 5.43 Å². The van der Waals surface area contributed by atoms with Crippen LogP contribution in [-0.4, -0.2) is 23.7 Å². The summed E-state index contributed by atoms with van der Waals surface area (Å²) in [5.74, 6) is -2.38. The van der Waals surface area contributed by atoms with Crippen molar-refractivity contribution in [1.29, 1.82) is 0 Å². The van der Waals surface area contributed by atoms with E-state index in [1.807, 2.05) is 30.3 Å². The van der Waals surface area contributed by atoms with Gasteiger partial charge in [0.05, 0.1) is 12.1 Å². The van der Waals surface area contributed by atoms with Crippen LogP contribution in [0.25, 0.3) is 0 Å². The number of anilines is 1. The Kier molecular flexibility index (Phi) is 6.11. The van der Waals surface area contributed by atoms with Crippen LogP contribution in [-0.2, 0) is 16.0 Å². The van der Waals surface area contributed by atoms with Gasteiger partial charge in [0, 0.05) is 5.69 Å². The Morgan fingerprint density at radius 1 is 1.04 bits per heavy atom. The van der Waals surface area contributed by atoms with E-state index in [4.69, 9.17) is 0 Å². The molecular formula is C18H16F3N3O2. The van der Waals surface area contributed by atoms with Crippen molar-refractivity contribution in [3.63, 3.8) is 0 Å². The van der Waals surface area contributed by atoms with Crippen LogP contribution in [0.4, 0.5) is 18.9 Å². The average molecular weight is 363 g/mol. The van der Waals surface area contributed by atoms with Crippen LogP contribution < -0.4 is 10.7 Å². The van der Waals surface area contributed by atoms with Gasteiger partial charge in [-0.05, 0) is 30.2 Å². The number of halogens is 3. The van der Waals surface area contributed by atoms with E-state index in [2.05, 4.69) is 10.5 Å². The smallest absolute Gasteiger partial charge is 0.318 e. The Labute approximate surface area is 147 Å². The van der Waals surface area contributed by atoms with Crippen molar-refractivity contribution in [1.82, 2.24) is 5.43 Å². The van der Waals surface area contributed by atoms with Crippen LogP contribution in [0.5, 0.6) is 0 Å². The molecule has 0 spiro atoms. The zero-order valence-electron chi connectivity index (χ0n) is 13.8. The van der Waals surface area contributed by atoms with E-state index >= 15 is 0 Å². The third-order valence-electron chi connectivity index (χ3n) is 3.35. The van der Waals surface area contributed by atoms with Gasteiger partial charge in [-0.1, -0.05) is 42.5 Å². The van der Waals surface area contributed by atoms with Gasteiger partial charge in [-0.15, -0.1) is 0 Å². The molecule has 0 heterocycles. The Balaban J connectivity index is 2.01. The summed E-state index contributed by atoms with van der Waals surface area (Å²) in [6.45, 7) is 1.59. The van der Waals surface area contributed by atoms with E-state index in [9.17, 15) is 22.8 Å². The van der Waals surface area contributed by atoms with Gasteiger partial charge in [-0.2, -0.15) is 18.3 Å². The zero-order chi connectivity index (χ0) is 19.2. The number of alkyl halides is 3. The zero-order valence-corrected chi connectivity index (χ0v) is 13.8. The SMILES string of the molecule is CC(=NNC(=O)Cc1ccccc1)c1cccc(NC(=O)C(F)(F)F)c1. The summed E-state index contributed by atoms with van der Waals surface area (Å²) in [5.41, 5.74) is 4.05. The minimum Gasteiger partial charge on any atom is -0.318 e. The number of carbonyl (C=O) groups excluding carboxylic acids is 2. The van der Waals surface area contributed by atoms with Crippen molar-refractivity contribution in [2.45, 2.75) is 19.5 Å². The van der Waals surface area contributed by atoms with Crippen molar-refractivity contribution in [3.8, 4) is 0 Å². The minimum absolute atomic E-state index is 0.0185. The molecule has 26 heavy (non-hydrogen) atoms. The molecule has 0 saturated heterocycles. The standard InChI is InChI=1S/C18H16F3N3O2/c1-12(23-24-16(25)10-13-6-3-2-4-7-13)14-8-5-9-15(11-14)22-17(26)18(19,20)21/h2-9,11H,10H2,1H3,(H,22,26)(H,24,25). The molecule has 0 aliphatic rings. The summed E-state index contributed by atoms with van der Waals surface area (Å²) in [4.78, 5) is 22.9. The van der Waals surface area contributed by atoms with Gasteiger partial charge in [0.2, 0.25) is 5.91 Å². The van der Waals surface area contributed by atoms with E-state index in [0.29, 0.717) is 11.3 Å². The first-order chi connectivity index (χ1) is 12.3. The average Bonchev–Trinajstić information content (AvgIpc) is 2.60. The van der Waals surface area contributed by atoms with Crippen LogP contribution in [0.15, 0.2) is 59.7 Å². The summed E-state index contributed by atoms with van der Waals surface area (Å²) < 4.78 is 36.9. The molecule has 136 valence electrons. The Bertz CT molecular complexity index is 818. The van der Waals surface area contributed by atoms with Crippen molar-refractivity contribution < 1.29 is 22.8 Å². The Morgan fingerprint density at radius 2 is 1.73 bits per heavy atom. The van der Waals surface area contributed by atoms with Gasteiger partial charge in [0.1, 0.15) is 0 Å². The first-order valence-corrected chi connectivity index (χ1v) is 7.61. The van der Waals surface area contributed by atoms with E-state index in [1.165, 1.54) is 18.2 Å². The normalized spacial score (nSPS) is 11.8. The number of nitrogens with one attached hydrogen (secondary N) is 2. The molecule has 0 bridgehead atoms. The van der Waals surface area contributed by atoms with Crippen molar-refractivity contribution in [2.24, 2.45) is 5.10 Å². The Hall–Kier alpha value is -3.16. The molecule has 0 aliphatic carbocycles. The molecule has 2 rings (SSSR count). The number of rotatable bonds is 5. The van der Waals surface area contributed by atoms with Crippen LogP contribution in [0, 0.1) is 0 Å². The van der Waals surface area contributed by atoms with Gasteiger partial charge in [0.15, 0.2) is 0 Å². The number of benzene rings is 2. The van der Waals surface area contributed by atoms with Crippen molar-refractivity contribution >= 4 is 23.2 Å². The summed E-state index contributed by atoms with van der Waals surface area (Å²) >= 11 is 0. The van der Waals surface area contributed by atoms with E-state index < -0.39 is 12.1 Å². The van der Waals surface area contributed by atoms with Gasteiger partial charge >= 0.3 is 12.1 Å². The topological polar surface area (TPSA) is 70.6 Å². The first kappa shape index (κ1) is 19.2. The third-order valence-corrected chi connectivity index (χ3v) is 3.35. The number of carbonyl (C=O) groups is 2. The molecule has 8 heteroatoms. The number of hydrogen-bond acceptors (Lipinski definition) is 3. The monoisotopic (exact) mass is 363 g/mol. The lowest BCUT2D eigenvalue weighted by molar-refractivity contribution is -0.167. The molecule has 2 aromatic carbocycles. The lowest BCUT2D eigenvalue weighted by atomic mass is 10.1. The van der Waals surface area contributed by atoms with E-state index in [1.54, 1.807) is 18.3 Å². The van der Waals surface area contributed by atoms with Crippen molar-refractivity contribution in [3.05, 3.63) is 65.7 Å². The molecule has 2 N–H and O–H groups in total. The summed E-state index contributed by atoms with van der Waals surface area (Å²) in [7, 11) is 0. The lowest BCUT2D eigenvalue weighted by Crippen LogP contribution is -2.30. The van der Waals surface area contributed by atoms with Crippen LogP contribution in [0.2, 0.25) is 0 Å². The lowest BCUT2D eigenvalue weighted by Gasteiger charge is -2.09. The second kappa shape index (κ2) is 8.28. The highest BCUT2D eigenvalue weighted by atomic mass is 19.4. The van der Waals surface area contributed by atoms with Crippen LogP contribution >= 0.6 is 0 Å². The number of hydrazone groups is 1. The van der Waals surface area contributed by atoms with Crippen LogP contribution in [0.1, 0.15) is 18.1 Å². The van der Waals surface area contributed by atoms with Crippen LogP contribution in [0.3, 0.4) is 0 Å². The van der Waals surface area contributed by atoms with Gasteiger partial charge in [0.25, 0.3) is 0 Å². The molecule has 5 nitrogen and oxygen atoms in total. The number of amides is 2. The third kappa shape index (κ3) is 5.73. The number of nitrogens with zero attached hydrogens (tertiary/aromatic N) is 1. The predicted octanol–water partition coefficient (Wildman–Crippen LogP) is 3.27. The molecular weight excluding hydrogens is 347 g/mol. The fourth-order valence-electron chi connectivity index (χ4n) is 2.06. The highest BCUT2D eigenvalue weighted by Gasteiger charge is 2.38. The largest absolute Gasteiger partial charge is 0.471 e. The summed E-state index contributed by atoms with van der Waals surface area (Å²) in [6.07, 6.45) is -4.82. The number of hydrogen-bond donors (Lipinski definition) is 2. The summed E-state index contributed by atoms with van der Waals surface area (Å²) in [5, 5.41) is 5.71. The van der Waals surface area contributed by atoms with Crippen molar-refractivity contribution in [2.75, 3.05) is 5.32 Å². The highest BCUT2D eigenvalue weighted by molar-refractivity contribution is 6.01. The Morgan fingerprint density at radius 3 is 2.38 bits per heavy atom. The van der Waals surface area contributed by atoms with Gasteiger partial charge in [-0.3, -0.25) is 9.59 Å². The fraction of sp³-hybridized carbons (Fsp3) is 0.167. The molecule has 2 amide bonds. The molecule has 0 atom stereocenters. The maximum Gasteiger partial charge on any atom is 0.471 e.